The Balaban J connectivity index is 1.73. The summed E-state index contributed by atoms with van der Waals surface area (Å²) in [6, 6.07) is 15.3. The maximum atomic E-state index is 13.9. The first-order valence-electron chi connectivity index (χ1n) is 11.2. The van der Waals surface area contributed by atoms with Crippen LogP contribution >= 0.6 is 0 Å². The lowest BCUT2D eigenvalue weighted by Crippen LogP contribution is -2.48. The molecule has 0 saturated carbocycles. The zero-order chi connectivity index (χ0) is 27.5. The highest BCUT2D eigenvalue weighted by Gasteiger charge is 2.34. The van der Waals surface area contributed by atoms with Crippen molar-refractivity contribution in [1.29, 1.82) is 0 Å². The van der Waals surface area contributed by atoms with E-state index in [2.05, 4.69) is 10.1 Å². The molecule has 3 aromatic carbocycles. The highest BCUT2D eigenvalue weighted by atomic mass is 19.2. The summed E-state index contributed by atoms with van der Waals surface area (Å²) in [7, 11) is 0. The fourth-order valence-electron chi connectivity index (χ4n) is 3.48. The van der Waals surface area contributed by atoms with E-state index in [1.54, 1.807) is 26.0 Å². The van der Waals surface area contributed by atoms with Crippen molar-refractivity contribution in [3.05, 3.63) is 89.2 Å². The first kappa shape index (κ1) is 27.6. The molecule has 1 N–H and O–H groups in total. The number of nitrogens with one attached hydrogen (secondary N) is 1. The Morgan fingerprint density at radius 3 is 1.76 bits per heavy atom. The third-order valence-corrected chi connectivity index (χ3v) is 5.60. The van der Waals surface area contributed by atoms with E-state index in [0.29, 0.717) is 5.56 Å². The number of carbonyl (C=O) groups is 2. The van der Waals surface area contributed by atoms with Crippen molar-refractivity contribution in [2.24, 2.45) is 5.92 Å². The minimum absolute atomic E-state index is 0.632. The summed E-state index contributed by atoms with van der Waals surface area (Å²) in [5.74, 6) is -15.5. The van der Waals surface area contributed by atoms with E-state index in [0.717, 1.165) is 11.1 Å². The van der Waals surface area contributed by atoms with Gasteiger partial charge in [0.15, 0.2) is 0 Å². The fourth-order valence-corrected chi connectivity index (χ4v) is 3.48. The molecular weight excluding hydrogens is 497 g/mol. The molecule has 0 saturated heterocycles. The van der Waals surface area contributed by atoms with Crippen molar-refractivity contribution in [1.82, 2.24) is 5.32 Å². The van der Waals surface area contributed by atoms with E-state index in [1.165, 1.54) is 13.8 Å². The SMILES string of the molecule is CC(C)C(NC(=O)OC(C)(C)c1ccc(-c2ccccc2)cc1)C(=O)Oc1c(F)c(F)c(F)c(F)c1F. The maximum Gasteiger partial charge on any atom is 0.408 e. The van der Waals surface area contributed by atoms with Gasteiger partial charge in [0, 0.05) is 0 Å². The number of amides is 1. The van der Waals surface area contributed by atoms with Crippen LogP contribution in [-0.4, -0.2) is 18.1 Å². The monoisotopic (exact) mass is 521 g/mol. The van der Waals surface area contributed by atoms with Crippen LogP contribution < -0.4 is 10.1 Å². The minimum Gasteiger partial charge on any atom is -0.439 e. The number of ether oxygens (including phenoxy) is 2. The molecular formula is C27H24F5NO4. The zero-order valence-corrected chi connectivity index (χ0v) is 20.4. The second-order valence-corrected chi connectivity index (χ2v) is 9.03. The molecule has 37 heavy (non-hydrogen) atoms. The molecule has 5 nitrogen and oxygen atoms in total. The van der Waals surface area contributed by atoms with Gasteiger partial charge >= 0.3 is 12.1 Å². The average Bonchev–Trinajstić information content (AvgIpc) is 2.87. The fraction of sp³-hybridized carbons (Fsp3) is 0.259. The van der Waals surface area contributed by atoms with Crippen LogP contribution in [0.3, 0.4) is 0 Å². The molecule has 196 valence electrons. The predicted molar refractivity (Wildman–Crippen MR) is 125 cm³/mol. The van der Waals surface area contributed by atoms with Gasteiger partial charge < -0.3 is 14.8 Å². The van der Waals surface area contributed by atoms with Crippen molar-refractivity contribution in [2.45, 2.75) is 39.3 Å². The summed E-state index contributed by atoms with van der Waals surface area (Å²) in [6.45, 7) is 6.17. The van der Waals surface area contributed by atoms with E-state index in [1.807, 2.05) is 42.5 Å². The Labute approximate surface area is 210 Å². The van der Waals surface area contributed by atoms with Gasteiger partial charge in [-0.15, -0.1) is 0 Å². The Morgan fingerprint density at radius 1 is 0.757 bits per heavy atom. The summed E-state index contributed by atoms with van der Waals surface area (Å²) in [5, 5.41) is 2.24. The average molecular weight is 521 g/mol. The van der Waals surface area contributed by atoms with Crippen LogP contribution in [0.1, 0.15) is 33.3 Å². The number of hydrogen-bond acceptors (Lipinski definition) is 4. The summed E-state index contributed by atoms with van der Waals surface area (Å²) in [4.78, 5) is 25.2. The first-order valence-corrected chi connectivity index (χ1v) is 11.2. The molecule has 0 spiro atoms. The van der Waals surface area contributed by atoms with Crippen molar-refractivity contribution < 1.29 is 41.0 Å². The molecule has 3 aromatic rings. The van der Waals surface area contributed by atoms with Gasteiger partial charge in [0.05, 0.1) is 0 Å². The third kappa shape index (κ3) is 6.07. The predicted octanol–water partition coefficient (Wildman–Crippen LogP) is 6.64. The lowest BCUT2D eigenvalue weighted by molar-refractivity contribution is -0.138. The minimum atomic E-state index is -2.39. The van der Waals surface area contributed by atoms with Gasteiger partial charge in [-0.2, -0.15) is 8.78 Å². The molecule has 0 aliphatic rings. The van der Waals surface area contributed by atoms with Crippen molar-refractivity contribution in [2.75, 3.05) is 0 Å². The molecule has 1 amide bonds. The van der Waals surface area contributed by atoms with Gasteiger partial charge in [0.2, 0.25) is 34.8 Å². The molecule has 1 unspecified atom stereocenters. The third-order valence-electron chi connectivity index (χ3n) is 5.60. The van der Waals surface area contributed by atoms with E-state index in [-0.39, 0.29) is 0 Å². The Kier molecular flexibility index (Phi) is 8.20. The molecule has 1 atom stereocenters. The summed E-state index contributed by atoms with van der Waals surface area (Å²) < 4.78 is 78.0. The van der Waals surface area contributed by atoms with Crippen molar-refractivity contribution >= 4 is 12.1 Å². The summed E-state index contributed by atoms with van der Waals surface area (Å²) in [6.07, 6.45) is -1.06. The van der Waals surface area contributed by atoms with Gasteiger partial charge in [0.1, 0.15) is 11.6 Å². The van der Waals surface area contributed by atoms with Crippen molar-refractivity contribution in [3.63, 3.8) is 0 Å². The van der Waals surface area contributed by atoms with Crippen LogP contribution in [-0.2, 0) is 15.1 Å². The van der Waals surface area contributed by atoms with E-state index in [9.17, 15) is 31.5 Å². The van der Waals surface area contributed by atoms with Crippen LogP contribution in [0.5, 0.6) is 5.75 Å². The number of hydrogen-bond donors (Lipinski definition) is 1. The molecule has 0 radical (unpaired) electrons. The summed E-state index contributed by atoms with van der Waals surface area (Å²) in [5.41, 5.74) is 1.41. The molecule has 0 aliphatic carbocycles. The van der Waals surface area contributed by atoms with Gasteiger partial charge in [-0.05, 0) is 36.5 Å². The van der Waals surface area contributed by atoms with Gasteiger partial charge in [-0.25, -0.2) is 22.8 Å². The number of carbonyl (C=O) groups excluding carboxylic acids is 2. The lowest BCUT2D eigenvalue weighted by Gasteiger charge is -2.28. The normalized spacial score (nSPS) is 12.3. The van der Waals surface area contributed by atoms with Gasteiger partial charge in [-0.1, -0.05) is 68.4 Å². The number of halogens is 5. The largest absolute Gasteiger partial charge is 0.439 e. The van der Waals surface area contributed by atoms with Gasteiger partial charge in [0.25, 0.3) is 0 Å². The van der Waals surface area contributed by atoms with Crippen molar-refractivity contribution in [3.8, 4) is 16.9 Å². The van der Waals surface area contributed by atoms with E-state index < -0.39 is 64.5 Å². The second kappa shape index (κ2) is 11.0. The Hall–Kier alpha value is -3.95. The molecule has 3 rings (SSSR count). The number of alkyl carbamates (subject to hydrolysis) is 1. The molecule has 0 aliphatic heterocycles. The highest BCUT2D eigenvalue weighted by molar-refractivity contribution is 5.83. The van der Waals surface area contributed by atoms with Crippen LogP contribution in [0.25, 0.3) is 11.1 Å². The number of rotatable bonds is 7. The highest BCUT2D eigenvalue weighted by Crippen LogP contribution is 2.30. The quantitative estimate of drug-likeness (QED) is 0.124. The van der Waals surface area contributed by atoms with Crippen LogP contribution in [0.4, 0.5) is 26.7 Å². The smallest absolute Gasteiger partial charge is 0.408 e. The molecule has 0 fully saturated rings. The topological polar surface area (TPSA) is 64.6 Å². The van der Waals surface area contributed by atoms with Crippen LogP contribution in [0.15, 0.2) is 54.6 Å². The molecule has 0 bridgehead atoms. The van der Waals surface area contributed by atoms with Crippen LogP contribution in [0, 0.1) is 35.0 Å². The van der Waals surface area contributed by atoms with E-state index in [4.69, 9.17) is 4.74 Å². The van der Waals surface area contributed by atoms with Gasteiger partial charge in [-0.3, -0.25) is 0 Å². The second-order valence-electron chi connectivity index (χ2n) is 9.03. The molecule has 10 heteroatoms. The number of benzene rings is 3. The maximum absolute atomic E-state index is 13.9. The standard InChI is InChI=1S/C27H24F5NO4/c1-14(2)23(25(34)36-24-21(31)19(29)18(28)20(30)22(24)32)33-26(35)37-27(3,4)17-12-10-16(11-13-17)15-8-6-5-7-9-15/h5-14,23H,1-4H3,(H,33,35). The molecule has 0 aromatic heterocycles. The lowest BCUT2D eigenvalue weighted by atomic mass is 9.95. The number of esters is 1. The van der Waals surface area contributed by atoms with E-state index >= 15 is 0 Å². The Morgan fingerprint density at radius 2 is 1.24 bits per heavy atom. The summed E-state index contributed by atoms with van der Waals surface area (Å²) >= 11 is 0. The first-order chi connectivity index (χ1) is 17.3. The van der Waals surface area contributed by atoms with Crippen LogP contribution in [0.2, 0.25) is 0 Å². The zero-order valence-electron chi connectivity index (χ0n) is 20.4. The molecule has 0 heterocycles. The Bertz CT molecular complexity index is 1270.